The molecular weight excluding hydrogens is 140 g/mol. The molecule has 1 heterocycles. The van der Waals surface area contributed by atoms with Crippen LogP contribution in [-0.2, 0) is 4.79 Å². The standard InChI is InChI=1S/C6H4N2O.C2H6/c9-5-8-6-3-1-2-4-7-6;1-2/h1-4H;1-2H3. The second-order valence-corrected chi connectivity index (χ2v) is 1.39. The van der Waals surface area contributed by atoms with E-state index in [9.17, 15) is 4.79 Å². The summed E-state index contributed by atoms with van der Waals surface area (Å²) in [4.78, 5) is 16.7. The molecule has 0 N–H and O–H groups in total. The van der Waals surface area contributed by atoms with E-state index in [1.54, 1.807) is 24.4 Å². The lowest BCUT2D eigenvalue weighted by molar-refractivity contribution is 0.565. The summed E-state index contributed by atoms with van der Waals surface area (Å²) in [7, 11) is 0. The first-order chi connectivity index (χ1) is 5.43. The Hall–Kier alpha value is -1.47. The zero-order valence-electron chi connectivity index (χ0n) is 6.61. The van der Waals surface area contributed by atoms with Gasteiger partial charge in [-0.1, -0.05) is 19.9 Å². The van der Waals surface area contributed by atoms with Crippen LogP contribution in [0.5, 0.6) is 0 Å². The van der Waals surface area contributed by atoms with Crippen molar-refractivity contribution >= 4 is 11.9 Å². The number of hydrogen-bond acceptors (Lipinski definition) is 3. The van der Waals surface area contributed by atoms with E-state index in [0.29, 0.717) is 5.82 Å². The Morgan fingerprint density at radius 2 is 2.18 bits per heavy atom. The van der Waals surface area contributed by atoms with Gasteiger partial charge in [0, 0.05) is 6.20 Å². The number of hydrogen-bond donors (Lipinski definition) is 0. The van der Waals surface area contributed by atoms with Crippen LogP contribution in [0.2, 0.25) is 0 Å². The van der Waals surface area contributed by atoms with Crippen LogP contribution in [0.3, 0.4) is 0 Å². The second kappa shape index (κ2) is 6.65. The van der Waals surface area contributed by atoms with E-state index in [2.05, 4.69) is 9.98 Å². The highest BCUT2D eigenvalue weighted by atomic mass is 16.1. The number of carbonyl (C=O) groups excluding carboxylic acids is 1. The van der Waals surface area contributed by atoms with Gasteiger partial charge in [0.05, 0.1) is 0 Å². The first kappa shape index (κ1) is 9.53. The van der Waals surface area contributed by atoms with Gasteiger partial charge in [0.15, 0.2) is 5.82 Å². The zero-order valence-corrected chi connectivity index (χ0v) is 6.61. The third-order valence-corrected chi connectivity index (χ3v) is 0.809. The maximum atomic E-state index is 9.64. The zero-order chi connectivity index (χ0) is 8.53. The van der Waals surface area contributed by atoms with Gasteiger partial charge in [-0.05, 0) is 12.1 Å². The predicted molar refractivity (Wildman–Crippen MR) is 43.4 cm³/mol. The summed E-state index contributed by atoms with van der Waals surface area (Å²) in [5.41, 5.74) is 0. The summed E-state index contributed by atoms with van der Waals surface area (Å²) in [5.74, 6) is 0.396. The minimum absolute atomic E-state index is 0.396. The van der Waals surface area contributed by atoms with Gasteiger partial charge in [-0.3, -0.25) is 0 Å². The molecule has 0 radical (unpaired) electrons. The summed E-state index contributed by atoms with van der Waals surface area (Å²) in [5, 5.41) is 0. The Bertz CT molecular complexity index is 227. The van der Waals surface area contributed by atoms with Gasteiger partial charge in [0.25, 0.3) is 0 Å². The molecule has 58 valence electrons. The van der Waals surface area contributed by atoms with Crippen LogP contribution in [0.25, 0.3) is 0 Å². The third kappa shape index (κ3) is 4.00. The van der Waals surface area contributed by atoms with Gasteiger partial charge in [-0.15, -0.1) is 4.99 Å². The SMILES string of the molecule is CC.O=C=Nc1ccccn1. The third-order valence-electron chi connectivity index (χ3n) is 0.809. The predicted octanol–water partition coefficient (Wildman–Crippen LogP) is 2.08. The molecule has 0 aliphatic rings. The Labute approximate surface area is 65.8 Å². The van der Waals surface area contributed by atoms with Gasteiger partial charge < -0.3 is 0 Å². The van der Waals surface area contributed by atoms with Crippen molar-refractivity contribution in [2.24, 2.45) is 4.99 Å². The van der Waals surface area contributed by atoms with E-state index in [1.807, 2.05) is 13.8 Å². The molecule has 3 heteroatoms. The van der Waals surface area contributed by atoms with Crippen LogP contribution in [0.15, 0.2) is 29.4 Å². The van der Waals surface area contributed by atoms with Gasteiger partial charge >= 0.3 is 0 Å². The summed E-state index contributed by atoms with van der Waals surface area (Å²) < 4.78 is 0. The maximum absolute atomic E-state index is 9.64. The van der Waals surface area contributed by atoms with E-state index >= 15 is 0 Å². The molecule has 0 spiro atoms. The lowest BCUT2D eigenvalue weighted by atomic mass is 10.5. The number of aliphatic imine (C=N–C) groups is 1. The number of rotatable bonds is 1. The summed E-state index contributed by atoms with van der Waals surface area (Å²) >= 11 is 0. The molecule has 0 fully saturated rings. The Morgan fingerprint density at radius 3 is 2.64 bits per heavy atom. The van der Waals surface area contributed by atoms with E-state index in [1.165, 1.54) is 6.08 Å². The molecule has 0 bridgehead atoms. The van der Waals surface area contributed by atoms with Gasteiger partial charge in [0.1, 0.15) is 0 Å². The second-order valence-electron chi connectivity index (χ2n) is 1.39. The minimum Gasteiger partial charge on any atom is -0.236 e. The average Bonchev–Trinajstić information content (AvgIpc) is 2.11. The number of nitrogens with zero attached hydrogens (tertiary/aromatic N) is 2. The molecule has 0 saturated heterocycles. The Kier molecular flexibility index (Phi) is 5.76. The maximum Gasteiger partial charge on any atom is 0.242 e. The summed E-state index contributed by atoms with van der Waals surface area (Å²) in [6.07, 6.45) is 2.96. The van der Waals surface area contributed by atoms with E-state index in [4.69, 9.17) is 0 Å². The molecule has 0 aromatic carbocycles. The molecule has 0 atom stereocenters. The molecule has 0 unspecified atom stereocenters. The minimum atomic E-state index is 0.396. The van der Waals surface area contributed by atoms with Crippen molar-refractivity contribution in [2.75, 3.05) is 0 Å². The average molecular weight is 150 g/mol. The van der Waals surface area contributed by atoms with Crippen LogP contribution in [0, 0.1) is 0 Å². The van der Waals surface area contributed by atoms with Crippen LogP contribution >= 0.6 is 0 Å². The van der Waals surface area contributed by atoms with Gasteiger partial charge in [-0.25, -0.2) is 9.78 Å². The van der Waals surface area contributed by atoms with Crippen molar-refractivity contribution in [3.05, 3.63) is 24.4 Å². The molecule has 3 nitrogen and oxygen atoms in total. The lowest BCUT2D eigenvalue weighted by Crippen LogP contribution is -1.67. The molecule has 11 heavy (non-hydrogen) atoms. The molecular formula is C8H10N2O. The van der Waals surface area contributed by atoms with Crippen molar-refractivity contribution in [1.82, 2.24) is 4.98 Å². The molecule has 1 aromatic rings. The molecule has 0 aliphatic heterocycles. The molecule has 1 rings (SSSR count). The Morgan fingerprint density at radius 1 is 1.45 bits per heavy atom. The fourth-order valence-electron chi connectivity index (χ4n) is 0.467. The topological polar surface area (TPSA) is 42.3 Å². The first-order valence-electron chi connectivity index (χ1n) is 3.42. The lowest BCUT2D eigenvalue weighted by Gasteiger charge is -1.82. The van der Waals surface area contributed by atoms with E-state index < -0.39 is 0 Å². The highest BCUT2D eigenvalue weighted by Crippen LogP contribution is 2.01. The van der Waals surface area contributed by atoms with Crippen LogP contribution < -0.4 is 0 Å². The molecule has 0 amide bonds. The fraction of sp³-hybridized carbons (Fsp3) is 0.250. The van der Waals surface area contributed by atoms with Crippen molar-refractivity contribution in [1.29, 1.82) is 0 Å². The summed E-state index contributed by atoms with van der Waals surface area (Å²) in [6, 6.07) is 5.14. The number of pyridine rings is 1. The first-order valence-corrected chi connectivity index (χ1v) is 3.42. The van der Waals surface area contributed by atoms with E-state index in [-0.39, 0.29) is 0 Å². The smallest absolute Gasteiger partial charge is 0.236 e. The molecule has 1 aromatic heterocycles. The van der Waals surface area contributed by atoms with Gasteiger partial charge in [-0.2, -0.15) is 0 Å². The highest BCUT2D eigenvalue weighted by Gasteiger charge is 1.81. The van der Waals surface area contributed by atoms with Gasteiger partial charge in [0.2, 0.25) is 6.08 Å². The molecule has 0 saturated carbocycles. The Balaban J connectivity index is 0.000000461. The van der Waals surface area contributed by atoms with Crippen molar-refractivity contribution in [3.63, 3.8) is 0 Å². The van der Waals surface area contributed by atoms with Crippen LogP contribution in [0.1, 0.15) is 13.8 Å². The van der Waals surface area contributed by atoms with Crippen molar-refractivity contribution in [3.8, 4) is 0 Å². The van der Waals surface area contributed by atoms with Crippen LogP contribution in [0.4, 0.5) is 5.82 Å². The normalized spacial score (nSPS) is 7.09. The van der Waals surface area contributed by atoms with Crippen molar-refractivity contribution < 1.29 is 4.79 Å². The van der Waals surface area contributed by atoms with Crippen LogP contribution in [-0.4, -0.2) is 11.1 Å². The number of isocyanates is 1. The quantitative estimate of drug-likeness (QED) is 0.454. The fourth-order valence-corrected chi connectivity index (χ4v) is 0.467. The number of aromatic nitrogens is 1. The summed E-state index contributed by atoms with van der Waals surface area (Å²) in [6.45, 7) is 4.00. The monoisotopic (exact) mass is 150 g/mol. The van der Waals surface area contributed by atoms with Crippen molar-refractivity contribution in [2.45, 2.75) is 13.8 Å². The molecule has 0 aliphatic carbocycles. The largest absolute Gasteiger partial charge is 0.242 e. The van der Waals surface area contributed by atoms with E-state index in [0.717, 1.165) is 0 Å². The highest BCUT2D eigenvalue weighted by molar-refractivity contribution is 5.43.